The third-order valence-electron chi connectivity index (χ3n) is 2.87. The van der Waals surface area contributed by atoms with Gasteiger partial charge in [-0.25, -0.2) is 8.78 Å². The van der Waals surface area contributed by atoms with Crippen LogP contribution in [-0.4, -0.2) is 19.1 Å². The molecule has 2 aromatic carbocycles. The summed E-state index contributed by atoms with van der Waals surface area (Å²) < 4.78 is 40.5. The Bertz CT molecular complexity index is 584. The summed E-state index contributed by atoms with van der Waals surface area (Å²) in [4.78, 5) is 0. The largest absolute Gasteiger partial charge is 0.508 e. The van der Waals surface area contributed by atoms with Gasteiger partial charge in [-0.2, -0.15) is 0 Å². The van der Waals surface area contributed by atoms with Crippen molar-refractivity contribution in [3.05, 3.63) is 35.6 Å². The molecule has 124 valence electrons. The van der Waals surface area contributed by atoms with Crippen molar-refractivity contribution in [1.29, 1.82) is 0 Å². The molecule has 0 radical (unpaired) electrons. The number of ether oxygens (including phenoxy) is 1. The molecule has 2 nitrogen and oxygen atoms in total. The number of phenols is 1. The molecule has 1 N–H and O–H groups in total. The summed E-state index contributed by atoms with van der Waals surface area (Å²) >= 11 is 0. The molecule has 0 saturated heterocycles. The number of phenolic OH excluding ortho intramolecular Hbond substituents is 1. The van der Waals surface area contributed by atoms with Crippen LogP contribution in [0.5, 0.6) is 11.5 Å². The fourth-order valence-corrected chi connectivity index (χ4v) is 2.07. The van der Waals surface area contributed by atoms with Gasteiger partial charge >= 0.3 is 0 Å². The minimum absolute atomic E-state index is 0.0116. The summed E-state index contributed by atoms with van der Waals surface area (Å²) in [6.45, 7) is 6.86. The van der Waals surface area contributed by atoms with Crippen LogP contribution in [0.4, 0.5) is 13.2 Å². The number of hydrogen-bond acceptors (Lipinski definition) is 2. The van der Waals surface area contributed by atoms with Crippen molar-refractivity contribution in [2.24, 2.45) is 0 Å². The van der Waals surface area contributed by atoms with Gasteiger partial charge in [0.2, 0.25) is 6.86 Å². The van der Waals surface area contributed by atoms with Crippen molar-refractivity contribution >= 4 is 10.8 Å². The van der Waals surface area contributed by atoms with Gasteiger partial charge in [-0.1, -0.05) is 27.7 Å². The van der Waals surface area contributed by atoms with E-state index in [-0.39, 0.29) is 22.8 Å². The second-order valence-corrected chi connectivity index (χ2v) is 4.41. The number of rotatable bonds is 3. The lowest BCUT2D eigenvalue weighted by Crippen LogP contribution is -1.97. The first-order valence-corrected chi connectivity index (χ1v) is 7.06. The molecular weight excluding hydrogens is 293 g/mol. The monoisotopic (exact) mass is 316 g/mol. The minimum atomic E-state index is -0.973. The predicted octanol–water partition coefficient (Wildman–Crippen LogP) is 5.73. The topological polar surface area (TPSA) is 29.5 Å². The smallest absolute Gasteiger partial charge is 0.228 e. The summed E-state index contributed by atoms with van der Waals surface area (Å²) in [5.74, 6) is -0.127. The van der Waals surface area contributed by atoms with E-state index in [0.717, 1.165) is 5.56 Å². The Balaban J connectivity index is 0.00000102. The van der Waals surface area contributed by atoms with Gasteiger partial charge in [0.15, 0.2) is 0 Å². The van der Waals surface area contributed by atoms with Crippen LogP contribution in [0, 0.1) is 5.82 Å². The van der Waals surface area contributed by atoms with Gasteiger partial charge in [-0.05, 0) is 35.7 Å². The van der Waals surface area contributed by atoms with Gasteiger partial charge in [0, 0.05) is 10.8 Å². The van der Waals surface area contributed by atoms with E-state index in [9.17, 15) is 18.3 Å². The molecular formula is C17H23F3O2. The highest BCUT2D eigenvalue weighted by atomic mass is 19.1. The van der Waals surface area contributed by atoms with Gasteiger partial charge in [-0.3, -0.25) is 4.39 Å². The fourth-order valence-electron chi connectivity index (χ4n) is 2.07. The molecule has 0 atom stereocenters. The third kappa shape index (κ3) is 4.55. The zero-order valence-corrected chi connectivity index (χ0v) is 13.6. The molecule has 0 amide bonds. The van der Waals surface area contributed by atoms with Crippen LogP contribution < -0.4 is 4.74 Å². The zero-order chi connectivity index (χ0) is 17.3. The van der Waals surface area contributed by atoms with Crippen LogP contribution >= 0.6 is 0 Å². The highest BCUT2D eigenvalue weighted by molar-refractivity contribution is 5.93. The first kappa shape index (κ1) is 20.1. The van der Waals surface area contributed by atoms with Crippen LogP contribution in [0.25, 0.3) is 10.8 Å². The van der Waals surface area contributed by atoms with E-state index < -0.39 is 12.7 Å². The number of alkyl halides is 2. The molecule has 0 spiro atoms. The van der Waals surface area contributed by atoms with Gasteiger partial charge in [0.1, 0.15) is 17.3 Å². The van der Waals surface area contributed by atoms with E-state index in [4.69, 9.17) is 4.74 Å². The van der Waals surface area contributed by atoms with Crippen molar-refractivity contribution in [2.75, 3.05) is 14.0 Å². The zero-order valence-electron chi connectivity index (χ0n) is 13.6. The van der Waals surface area contributed by atoms with E-state index >= 15 is 0 Å². The maximum Gasteiger partial charge on any atom is 0.228 e. The van der Waals surface area contributed by atoms with Crippen molar-refractivity contribution in [3.8, 4) is 11.5 Å². The quantitative estimate of drug-likeness (QED) is 0.784. The lowest BCUT2D eigenvalue weighted by molar-refractivity contribution is 0.194. The van der Waals surface area contributed by atoms with Gasteiger partial charge in [0.05, 0.1) is 7.18 Å². The van der Waals surface area contributed by atoms with E-state index in [2.05, 4.69) is 0 Å². The minimum Gasteiger partial charge on any atom is -0.508 e. The maximum atomic E-state index is 13.8. The molecule has 22 heavy (non-hydrogen) atoms. The van der Waals surface area contributed by atoms with Crippen LogP contribution in [-0.2, 0) is 0 Å². The molecule has 0 fully saturated rings. The highest BCUT2D eigenvalue weighted by Crippen LogP contribution is 2.37. The predicted molar refractivity (Wildman–Crippen MR) is 84.6 cm³/mol. The van der Waals surface area contributed by atoms with Crippen molar-refractivity contribution in [3.63, 3.8) is 0 Å². The number of halogens is 3. The van der Waals surface area contributed by atoms with Gasteiger partial charge in [0.25, 0.3) is 0 Å². The molecule has 0 aliphatic heterocycles. The Labute approximate surface area is 129 Å². The Morgan fingerprint density at radius 3 is 2.23 bits per heavy atom. The molecule has 0 saturated carbocycles. The van der Waals surface area contributed by atoms with E-state index in [1.807, 2.05) is 27.7 Å². The Hall–Kier alpha value is -1.91. The van der Waals surface area contributed by atoms with Crippen LogP contribution in [0.1, 0.15) is 39.2 Å². The van der Waals surface area contributed by atoms with Crippen LogP contribution in [0.2, 0.25) is 0 Å². The SMILES string of the molecule is CC.CC(C)c1cc(O)cc2c(F)ccc(OCF)c12.CF. The Morgan fingerprint density at radius 2 is 1.73 bits per heavy atom. The average molecular weight is 316 g/mol. The van der Waals surface area contributed by atoms with Crippen molar-refractivity contribution < 1.29 is 23.0 Å². The number of benzene rings is 2. The second kappa shape index (κ2) is 9.92. The molecule has 0 aliphatic rings. The maximum absolute atomic E-state index is 13.8. The van der Waals surface area contributed by atoms with E-state index in [0.29, 0.717) is 12.6 Å². The molecule has 2 rings (SSSR count). The summed E-state index contributed by atoms with van der Waals surface area (Å²) in [6.07, 6.45) is 0. The molecule has 2 aromatic rings. The highest BCUT2D eigenvalue weighted by Gasteiger charge is 2.15. The molecule has 0 unspecified atom stereocenters. The second-order valence-electron chi connectivity index (χ2n) is 4.41. The molecule has 5 heteroatoms. The normalized spacial score (nSPS) is 9.68. The average Bonchev–Trinajstić information content (AvgIpc) is 2.53. The summed E-state index contributed by atoms with van der Waals surface area (Å²) in [6, 6.07) is 5.48. The van der Waals surface area contributed by atoms with Gasteiger partial charge in [-0.15, -0.1) is 0 Å². The molecule has 0 bridgehead atoms. The third-order valence-corrected chi connectivity index (χ3v) is 2.87. The van der Waals surface area contributed by atoms with Crippen molar-refractivity contribution in [1.82, 2.24) is 0 Å². The number of fused-ring (bicyclic) bond motifs is 1. The van der Waals surface area contributed by atoms with Gasteiger partial charge < -0.3 is 9.84 Å². The van der Waals surface area contributed by atoms with E-state index in [1.54, 1.807) is 6.07 Å². The van der Waals surface area contributed by atoms with Crippen molar-refractivity contribution in [2.45, 2.75) is 33.6 Å². The lowest BCUT2D eigenvalue weighted by Gasteiger charge is -2.15. The van der Waals surface area contributed by atoms with Crippen LogP contribution in [0.15, 0.2) is 24.3 Å². The first-order chi connectivity index (χ1) is 10.5. The summed E-state index contributed by atoms with van der Waals surface area (Å²) in [7, 11) is 0.500. The number of hydrogen-bond donors (Lipinski definition) is 1. The summed E-state index contributed by atoms with van der Waals surface area (Å²) in [5.41, 5.74) is 0.730. The van der Waals surface area contributed by atoms with E-state index in [1.165, 1.54) is 18.2 Å². The standard InChI is InChI=1S/C14H14F2O2.C2H6.CH3F/c1-8(2)10-5-9(17)6-11-12(16)3-4-13(14(10)11)18-7-15;2*1-2/h3-6,8,17H,7H2,1-2H3;1-2H3;1H3. The Morgan fingerprint density at radius 1 is 1.14 bits per heavy atom. The lowest BCUT2D eigenvalue weighted by atomic mass is 9.95. The summed E-state index contributed by atoms with van der Waals surface area (Å²) in [5, 5.41) is 10.4. The molecule has 0 aromatic heterocycles. The molecule has 0 heterocycles. The Kier molecular flexibility index (Phi) is 9.06. The first-order valence-electron chi connectivity index (χ1n) is 7.06. The molecule has 0 aliphatic carbocycles. The van der Waals surface area contributed by atoms with Crippen LogP contribution in [0.3, 0.4) is 0 Å². The number of aromatic hydroxyl groups is 1. The fraction of sp³-hybridized carbons (Fsp3) is 0.412.